The number of aromatic hydroxyl groups is 1. The Balaban J connectivity index is 1.69. The van der Waals surface area contributed by atoms with Crippen LogP contribution >= 0.6 is 11.3 Å². The standard InChI is InChI=1S/C18H13NO3S/c20-14-5-3-11(10-13(14)17-2-1-9-23-17)16-6-4-12-15(21)7-8-19-18(12)22-16/h1-3,5-6,8-10,20H,4,7H2. The van der Waals surface area contributed by atoms with Gasteiger partial charge in [-0.25, -0.2) is 4.99 Å². The molecule has 2 aliphatic rings. The third-order valence-corrected chi connectivity index (χ3v) is 4.75. The second kappa shape index (κ2) is 5.52. The Morgan fingerprint density at radius 3 is 2.96 bits per heavy atom. The number of hydrogen-bond acceptors (Lipinski definition) is 5. The average molecular weight is 323 g/mol. The predicted molar refractivity (Wildman–Crippen MR) is 90.2 cm³/mol. The Morgan fingerprint density at radius 2 is 2.13 bits per heavy atom. The first-order chi connectivity index (χ1) is 11.2. The number of ketones is 1. The smallest absolute Gasteiger partial charge is 0.226 e. The van der Waals surface area contributed by atoms with Crippen LogP contribution < -0.4 is 0 Å². The van der Waals surface area contributed by atoms with Gasteiger partial charge in [0.1, 0.15) is 11.5 Å². The van der Waals surface area contributed by atoms with E-state index in [0.717, 1.165) is 16.0 Å². The highest BCUT2D eigenvalue weighted by atomic mass is 32.1. The van der Waals surface area contributed by atoms with Crippen molar-refractivity contribution in [3.05, 3.63) is 58.8 Å². The van der Waals surface area contributed by atoms with Gasteiger partial charge in [-0.15, -0.1) is 11.3 Å². The van der Waals surface area contributed by atoms with E-state index in [1.165, 1.54) is 0 Å². The molecular formula is C18H13NO3S. The van der Waals surface area contributed by atoms with Crippen LogP contribution in [0.5, 0.6) is 5.75 Å². The first-order valence-corrected chi connectivity index (χ1v) is 8.14. The predicted octanol–water partition coefficient (Wildman–Crippen LogP) is 4.14. The van der Waals surface area contributed by atoms with Crippen molar-refractivity contribution in [2.75, 3.05) is 0 Å². The van der Waals surface area contributed by atoms with Crippen LogP contribution in [0.4, 0.5) is 0 Å². The van der Waals surface area contributed by atoms with E-state index in [1.807, 2.05) is 29.7 Å². The van der Waals surface area contributed by atoms with E-state index >= 15 is 0 Å². The van der Waals surface area contributed by atoms with Gasteiger partial charge >= 0.3 is 0 Å². The Hall–Kier alpha value is -2.66. The number of ether oxygens (including phenoxy) is 1. The van der Waals surface area contributed by atoms with Crippen LogP contribution in [0.2, 0.25) is 0 Å². The molecule has 0 unspecified atom stereocenters. The average Bonchev–Trinajstić information content (AvgIpc) is 3.09. The summed E-state index contributed by atoms with van der Waals surface area (Å²) in [5.41, 5.74) is 2.25. The van der Waals surface area contributed by atoms with E-state index in [1.54, 1.807) is 29.7 Å². The summed E-state index contributed by atoms with van der Waals surface area (Å²) in [6, 6.07) is 9.27. The molecular weight excluding hydrogens is 310 g/mol. The molecule has 4 nitrogen and oxygen atoms in total. The molecule has 0 amide bonds. The van der Waals surface area contributed by atoms with Gasteiger partial charge in [0, 0.05) is 35.1 Å². The zero-order valence-electron chi connectivity index (χ0n) is 12.2. The lowest BCUT2D eigenvalue weighted by molar-refractivity contribution is -0.114. The number of Topliss-reactive ketones (excluding diaryl/α,β-unsaturated/α-hetero) is 1. The van der Waals surface area contributed by atoms with Crippen LogP contribution in [-0.2, 0) is 9.53 Å². The highest BCUT2D eigenvalue weighted by molar-refractivity contribution is 7.13. The molecule has 1 N–H and O–H groups in total. The van der Waals surface area contributed by atoms with Gasteiger partial charge < -0.3 is 9.84 Å². The molecule has 3 heterocycles. The van der Waals surface area contributed by atoms with Gasteiger partial charge in [-0.2, -0.15) is 0 Å². The number of nitrogens with zero attached hydrogens (tertiary/aromatic N) is 1. The summed E-state index contributed by atoms with van der Waals surface area (Å²) in [6.45, 7) is 0. The first-order valence-electron chi connectivity index (χ1n) is 7.26. The number of carbonyl (C=O) groups excluding carboxylic acids is 1. The second-order valence-electron chi connectivity index (χ2n) is 5.31. The fraction of sp³-hybridized carbons (Fsp3) is 0.111. The number of phenolic OH excluding ortho intramolecular Hbond substituents is 1. The van der Waals surface area contributed by atoms with E-state index in [0.29, 0.717) is 30.1 Å². The summed E-state index contributed by atoms with van der Waals surface area (Å²) in [6.07, 6.45) is 4.34. The number of allylic oxidation sites excluding steroid dienone is 2. The molecule has 1 aromatic carbocycles. The van der Waals surface area contributed by atoms with Gasteiger partial charge in [0.05, 0.1) is 5.57 Å². The maximum atomic E-state index is 11.8. The molecule has 2 aromatic rings. The molecule has 114 valence electrons. The summed E-state index contributed by atoms with van der Waals surface area (Å²) in [7, 11) is 0. The normalized spacial score (nSPS) is 16.9. The lowest BCUT2D eigenvalue weighted by atomic mass is 10.00. The zero-order chi connectivity index (χ0) is 15.8. The van der Waals surface area contributed by atoms with Crippen LogP contribution in [0.3, 0.4) is 0 Å². The van der Waals surface area contributed by atoms with Crippen molar-refractivity contribution < 1.29 is 14.6 Å². The van der Waals surface area contributed by atoms with Crippen molar-refractivity contribution >= 4 is 29.1 Å². The number of rotatable bonds is 2. The third-order valence-electron chi connectivity index (χ3n) is 3.85. The summed E-state index contributed by atoms with van der Waals surface area (Å²) in [5.74, 6) is 1.35. The minimum Gasteiger partial charge on any atom is -0.507 e. The third kappa shape index (κ3) is 2.49. The van der Waals surface area contributed by atoms with Crippen LogP contribution in [-0.4, -0.2) is 17.1 Å². The molecule has 0 aliphatic carbocycles. The number of hydrogen-bond donors (Lipinski definition) is 1. The van der Waals surface area contributed by atoms with Gasteiger partial charge in [0.25, 0.3) is 0 Å². The summed E-state index contributed by atoms with van der Waals surface area (Å²) >= 11 is 1.57. The molecule has 0 fully saturated rings. The van der Waals surface area contributed by atoms with Crippen molar-refractivity contribution in [2.24, 2.45) is 4.99 Å². The summed E-state index contributed by atoms with van der Waals surface area (Å²) in [4.78, 5) is 17.0. The molecule has 23 heavy (non-hydrogen) atoms. The van der Waals surface area contributed by atoms with Crippen LogP contribution in [0.25, 0.3) is 16.2 Å². The van der Waals surface area contributed by atoms with E-state index in [-0.39, 0.29) is 11.5 Å². The van der Waals surface area contributed by atoms with E-state index < -0.39 is 0 Å². The minimum atomic E-state index is 0.0651. The second-order valence-corrected chi connectivity index (χ2v) is 6.25. The molecule has 4 rings (SSSR count). The Bertz CT molecular complexity index is 876. The molecule has 1 aromatic heterocycles. The monoisotopic (exact) mass is 323 g/mol. The van der Waals surface area contributed by atoms with Gasteiger partial charge in [0.15, 0.2) is 5.78 Å². The number of phenols is 1. The Kier molecular flexibility index (Phi) is 3.35. The van der Waals surface area contributed by atoms with Gasteiger partial charge in [-0.3, -0.25) is 4.79 Å². The SMILES string of the molecule is O=C1CC=NC2=C1CC=C(c1ccc(O)c(-c3cccs3)c1)O2. The molecule has 0 bridgehead atoms. The lowest BCUT2D eigenvalue weighted by Gasteiger charge is -2.20. The highest BCUT2D eigenvalue weighted by Gasteiger charge is 2.24. The molecule has 0 spiro atoms. The van der Waals surface area contributed by atoms with E-state index in [9.17, 15) is 9.90 Å². The van der Waals surface area contributed by atoms with Crippen molar-refractivity contribution in [3.63, 3.8) is 0 Å². The largest absolute Gasteiger partial charge is 0.507 e. The Morgan fingerprint density at radius 1 is 1.22 bits per heavy atom. The minimum absolute atomic E-state index is 0.0651. The van der Waals surface area contributed by atoms with Crippen LogP contribution in [0, 0.1) is 0 Å². The van der Waals surface area contributed by atoms with Crippen LogP contribution in [0.15, 0.2) is 58.2 Å². The number of aliphatic imine (C=N–C) groups is 1. The van der Waals surface area contributed by atoms with E-state index in [2.05, 4.69) is 4.99 Å². The molecule has 0 radical (unpaired) electrons. The van der Waals surface area contributed by atoms with Crippen molar-refractivity contribution in [1.29, 1.82) is 0 Å². The van der Waals surface area contributed by atoms with Crippen molar-refractivity contribution in [3.8, 4) is 16.2 Å². The fourth-order valence-electron chi connectivity index (χ4n) is 2.66. The maximum absolute atomic E-state index is 11.8. The van der Waals surface area contributed by atoms with Crippen molar-refractivity contribution in [1.82, 2.24) is 0 Å². The topological polar surface area (TPSA) is 58.9 Å². The van der Waals surface area contributed by atoms with E-state index in [4.69, 9.17) is 4.74 Å². The molecule has 2 aliphatic heterocycles. The lowest BCUT2D eigenvalue weighted by Crippen LogP contribution is -2.14. The number of thiophene rings is 1. The maximum Gasteiger partial charge on any atom is 0.226 e. The van der Waals surface area contributed by atoms with Gasteiger partial charge in [0.2, 0.25) is 5.88 Å². The van der Waals surface area contributed by atoms with Gasteiger partial charge in [-0.1, -0.05) is 6.07 Å². The number of benzene rings is 1. The quantitative estimate of drug-likeness (QED) is 0.903. The molecule has 0 saturated carbocycles. The van der Waals surface area contributed by atoms with Gasteiger partial charge in [-0.05, 0) is 35.7 Å². The first kappa shape index (κ1) is 14.0. The molecule has 5 heteroatoms. The summed E-state index contributed by atoms with van der Waals surface area (Å²) < 4.78 is 5.80. The zero-order valence-corrected chi connectivity index (χ0v) is 13.0. The molecule has 0 saturated heterocycles. The number of carbonyl (C=O) groups is 1. The fourth-order valence-corrected chi connectivity index (χ4v) is 3.41. The summed E-state index contributed by atoms with van der Waals surface area (Å²) in [5, 5.41) is 12.1. The highest BCUT2D eigenvalue weighted by Crippen LogP contribution is 2.37. The molecule has 0 atom stereocenters. The van der Waals surface area contributed by atoms with Crippen molar-refractivity contribution in [2.45, 2.75) is 12.8 Å². The Labute approximate surface area is 137 Å². The van der Waals surface area contributed by atoms with Crippen LogP contribution in [0.1, 0.15) is 18.4 Å².